The zero-order valence-corrected chi connectivity index (χ0v) is 12.4. The molecule has 0 saturated carbocycles. The highest BCUT2D eigenvalue weighted by Gasteiger charge is 2.10. The normalized spacial score (nSPS) is 13.5. The van der Waals surface area contributed by atoms with Crippen molar-refractivity contribution in [2.45, 2.75) is 26.3 Å². The monoisotopic (exact) mass is 289 g/mol. The zero-order valence-electron chi connectivity index (χ0n) is 10.8. The molecule has 0 heterocycles. The van der Waals surface area contributed by atoms with Crippen LogP contribution in [-0.4, -0.2) is 26.5 Å². The first-order valence-electron chi connectivity index (χ1n) is 6.14. The van der Waals surface area contributed by atoms with Crippen molar-refractivity contribution in [1.82, 2.24) is 5.32 Å². The topological polar surface area (TPSA) is 46.2 Å². The molecule has 1 atom stereocenters. The number of hydrogen-bond donors (Lipinski definition) is 1. The Morgan fingerprint density at radius 3 is 2.61 bits per heavy atom. The average Bonchev–Trinajstić information content (AvgIpc) is 2.35. The molecule has 0 aliphatic carbocycles. The predicted molar refractivity (Wildman–Crippen MR) is 76.8 cm³/mol. The van der Waals surface area contributed by atoms with Gasteiger partial charge in [0.25, 0.3) is 0 Å². The molecule has 1 N–H and O–H groups in total. The number of nitrogens with one attached hydrogen (secondary N) is 1. The lowest BCUT2D eigenvalue weighted by molar-refractivity contribution is 0.561. The third-order valence-electron chi connectivity index (χ3n) is 2.89. The molecule has 1 rings (SSSR count). The fourth-order valence-corrected chi connectivity index (χ4v) is 2.86. The quantitative estimate of drug-likeness (QED) is 0.785. The van der Waals surface area contributed by atoms with Gasteiger partial charge in [0.1, 0.15) is 9.84 Å². The van der Waals surface area contributed by atoms with Crippen LogP contribution in [0.3, 0.4) is 0 Å². The molecule has 0 aromatic heterocycles. The van der Waals surface area contributed by atoms with Gasteiger partial charge in [-0.05, 0) is 31.5 Å². The van der Waals surface area contributed by atoms with E-state index in [4.69, 9.17) is 11.6 Å². The van der Waals surface area contributed by atoms with Crippen LogP contribution >= 0.6 is 11.6 Å². The van der Waals surface area contributed by atoms with Gasteiger partial charge in [0.05, 0.1) is 5.75 Å². The second-order valence-electron chi connectivity index (χ2n) is 4.29. The first-order chi connectivity index (χ1) is 8.46. The van der Waals surface area contributed by atoms with Crippen LogP contribution in [0.5, 0.6) is 0 Å². The lowest BCUT2D eigenvalue weighted by Crippen LogP contribution is -2.22. The van der Waals surface area contributed by atoms with Crippen LogP contribution < -0.4 is 5.32 Å². The highest BCUT2D eigenvalue weighted by molar-refractivity contribution is 7.91. The van der Waals surface area contributed by atoms with E-state index in [0.29, 0.717) is 13.0 Å². The maximum Gasteiger partial charge on any atom is 0.150 e. The van der Waals surface area contributed by atoms with Crippen LogP contribution in [0, 0.1) is 0 Å². The number of benzene rings is 1. The second kappa shape index (κ2) is 7.12. The van der Waals surface area contributed by atoms with Crippen LogP contribution in [0.15, 0.2) is 24.3 Å². The number of rotatable bonds is 7. The largest absolute Gasteiger partial charge is 0.310 e. The molecule has 0 aliphatic heterocycles. The average molecular weight is 290 g/mol. The highest BCUT2D eigenvalue weighted by atomic mass is 35.5. The van der Waals surface area contributed by atoms with Gasteiger partial charge in [0, 0.05) is 16.8 Å². The standard InChI is InChI=1S/C13H20ClNO2S/c1-3-18(16,17)10-6-9-15-11(2)12-7-4-5-8-13(12)14/h4-5,7-8,11,15H,3,6,9-10H2,1-2H3/t11-/m1/s1. The maximum absolute atomic E-state index is 11.3. The van der Waals surface area contributed by atoms with Gasteiger partial charge < -0.3 is 5.32 Å². The lowest BCUT2D eigenvalue weighted by atomic mass is 10.1. The van der Waals surface area contributed by atoms with Gasteiger partial charge in [-0.3, -0.25) is 0 Å². The SMILES string of the molecule is CCS(=O)(=O)CCCN[C@H](C)c1ccccc1Cl. The summed E-state index contributed by atoms with van der Waals surface area (Å²) in [5, 5.41) is 4.02. The van der Waals surface area contributed by atoms with Gasteiger partial charge in [-0.1, -0.05) is 36.7 Å². The Morgan fingerprint density at radius 2 is 2.00 bits per heavy atom. The smallest absolute Gasteiger partial charge is 0.150 e. The molecule has 1 aromatic carbocycles. The Labute approximate surface area is 114 Å². The molecule has 5 heteroatoms. The maximum atomic E-state index is 11.3. The molecule has 0 aliphatic rings. The molecule has 0 spiro atoms. The Bertz CT molecular complexity index is 474. The number of hydrogen-bond acceptors (Lipinski definition) is 3. The summed E-state index contributed by atoms with van der Waals surface area (Å²) in [7, 11) is -2.86. The zero-order chi connectivity index (χ0) is 13.6. The summed E-state index contributed by atoms with van der Waals surface area (Å²) in [4.78, 5) is 0. The third kappa shape index (κ3) is 4.96. The van der Waals surface area contributed by atoms with Crippen molar-refractivity contribution in [3.63, 3.8) is 0 Å². The van der Waals surface area contributed by atoms with Crippen LogP contribution in [0.2, 0.25) is 5.02 Å². The summed E-state index contributed by atoms with van der Waals surface area (Å²) in [5.41, 5.74) is 1.04. The summed E-state index contributed by atoms with van der Waals surface area (Å²) in [5.74, 6) is 0.457. The first kappa shape index (κ1) is 15.5. The second-order valence-corrected chi connectivity index (χ2v) is 7.17. The van der Waals surface area contributed by atoms with E-state index in [1.165, 1.54) is 0 Å². The summed E-state index contributed by atoms with van der Waals surface area (Å²) in [6.07, 6.45) is 0.630. The van der Waals surface area contributed by atoms with E-state index in [1.807, 2.05) is 31.2 Å². The van der Waals surface area contributed by atoms with Crippen LogP contribution in [0.25, 0.3) is 0 Å². The van der Waals surface area contributed by atoms with Crippen LogP contribution in [0.1, 0.15) is 31.9 Å². The van der Waals surface area contributed by atoms with Gasteiger partial charge in [-0.15, -0.1) is 0 Å². The molecule has 0 bridgehead atoms. The Kier molecular flexibility index (Phi) is 6.12. The van der Waals surface area contributed by atoms with E-state index in [9.17, 15) is 8.42 Å². The van der Waals surface area contributed by atoms with Gasteiger partial charge >= 0.3 is 0 Å². The van der Waals surface area contributed by atoms with Crippen molar-refractivity contribution in [3.05, 3.63) is 34.9 Å². The van der Waals surface area contributed by atoms with Gasteiger partial charge in [-0.25, -0.2) is 8.42 Å². The van der Waals surface area contributed by atoms with Crippen molar-refractivity contribution >= 4 is 21.4 Å². The van der Waals surface area contributed by atoms with Crippen molar-refractivity contribution in [2.24, 2.45) is 0 Å². The third-order valence-corrected chi connectivity index (χ3v) is 5.03. The van der Waals surface area contributed by atoms with Crippen molar-refractivity contribution in [2.75, 3.05) is 18.1 Å². The van der Waals surface area contributed by atoms with Crippen LogP contribution in [0.4, 0.5) is 0 Å². The molecule has 0 saturated heterocycles. The molecular weight excluding hydrogens is 270 g/mol. The molecule has 18 heavy (non-hydrogen) atoms. The van der Waals surface area contributed by atoms with E-state index in [-0.39, 0.29) is 17.5 Å². The molecule has 1 aromatic rings. The summed E-state index contributed by atoms with van der Waals surface area (Å²) in [6, 6.07) is 7.80. The fourth-order valence-electron chi connectivity index (χ4n) is 1.69. The molecule has 3 nitrogen and oxygen atoms in total. The van der Waals surface area contributed by atoms with E-state index in [0.717, 1.165) is 10.6 Å². The van der Waals surface area contributed by atoms with E-state index >= 15 is 0 Å². The molecule has 0 fully saturated rings. The minimum Gasteiger partial charge on any atom is -0.310 e. The molecule has 0 amide bonds. The lowest BCUT2D eigenvalue weighted by Gasteiger charge is -2.15. The van der Waals surface area contributed by atoms with Gasteiger partial charge in [0.2, 0.25) is 0 Å². The van der Waals surface area contributed by atoms with Crippen molar-refractivity contribution in [3.8, 4) is 0 Å². The first-order valence-corrected chi connectivity index (χ1v) is 8.34. The minimum absolute atomic E-state index is 0.128. The van der Waals surface area contributed by atoms with Crippen LogP contribution in [-0.2, 0) is 9.84 Å². The number of sulfone groups is 1. The van der Waals surface area contributed by atoms with E-state index < -0.39 is 9.84 Å². The van der Waals surface area contributed by atoms with E-state index in [1.54, 1.807) is 6.92 Å². The fraction of sp³-hybridized carbons (Fsp3) is 0.538. The van der Waals surface area contributed by atoms with E-state index in [2.05, 4.69) is 5.32 Å². The summed E-state index contributed by atoms with van der Waals surface area (Å²) < 4.78 is 22.6. The highest BCUT2D eigenvalue weighted by Crippen LogP contribution is 2.21. The van der Waals surface area contributed by atoms with Gasteiger partial charge in [0.15, 0.2) is 0 Å². The van der Waals surface area contributed by atoms with Crippen molar-refractivity contribution < 1.29 is 8.42 Å². The molecular formula is C13H20ClNO2S. The Hall–Kier alpha value is -0.580. The minimum atomic E-state index is -2.86. The van der Waals surface area contributed by atoms with Crippen molar-refractivity contribution in [1.29, 1.82) is 0 Å². The Balaban J connectivity index is 2.39. The molecule has 102 valence electrons. The predicted octanol–water partition coefficient (Wildman–Crippen LogP) is 2.82. The summed E-state index contributed by atoms with van der Waals surface area (Å²) >= 11 is 6.09. The molecule has 0 unspecified atom stereocenters. The number of halogens is 1. The summed E-state index contributed by atoms with van der Waals surface area (Å²) in [6.45, 7) is 4.37. The van der Waals surface area contributed by atoms with Gasteiger partial charge in [-0.2, -0.15) is 0 Å². The Morgan fingerprint density at radius 1 is 1.33 bits per heavy atom. The molecule has 0 radical (unpaired) electrons.